The minimum atomic E-state index is -0.339. The lowest BCUT2D eigenvalue weighted by Gasteiger charge is -2.16. The first-order valence-corrected chi connectivity index (χ1v) is 10.1. The molecule has 1 aliphatic heterocycles. The first-order chi connectivity index (χ1) is 14.4. The van der Waals surface area contributed by atoms with Gasteiger partial charge in [-0.1, -0.05) is 71.8 Å². The maximum absolute atomic E-state index is 13.3. The summed E-state index contributed by atoms with van der Waals surface area (Å²) < 4.78 is 0. The van der Waals surface area contributed by atoms with E-state index in [2.05, 4.69) is 5.32 Å². The zero-order chi connectivity index (χ0) is 21.3. The fourth-order valence-electron chi connectivity index (χ4n) is 3.44. The zero-order valence-corrected chi connectivity index (χ0v) is 17.5. The van der Waals surface area contributed by atoms with Gasteiger partial charge in [0, 0.05) is 10.7 Å². The molecule has 4 rings (SSSR count). The summed E-state index contributed by atoms with van der Waals surface area (Å²) >= 11 is 6.03. The molecular weight excluding hydrogens is 396 g/mol. The molecule has 0 aromatic heterocycles. The Morgan fingerprint density at radius 2 is 1.50 bits per heavy atom. The number of aryl methyl sites for hydroxylation is 2. The van der Waals surface area contributed by atoms with Crippen molar-refractivity contribution in [2.45, 2.75) is 20.4 Å². The summed E-state index contributed by atoms with van der Waals surface area (Å²) in [5, 5.41) is 3.78. The highest BCUT2D eigenvalue weighted by Crippen LogP contribution is 2.32. The van der Waals surface area contributed by atoms with E-state index in [0.29, 0.717) is 16.2 Å². The van der Waals surface area contributed by atoms with E-state index in [1.807, 2.05) is 62.4 Å². The Morgan fingerprint density at radius 1 is 0.833 bits per heavy atom. The highest BCUT2D eigenvalue weighted by atomic mass is 35.5. The molecule has 2 amide bonds. The Kier molecular flexibility index (Phi) is 5.42. The van der Waals surface area contributed by atoms with E-state index in [1.165, 1.54) is 4.90 Å². The molecule has 30 heavy (non-hydrogen) atoms. The number of hydrogen-bond donors (Lipinski definition) is 1. The summed E-state index contributed by atoms with van der Waals surface area (Å²) in [6.07, 6.45) is 0. The third kappa shape index (κ3) is 3.87. The SMILES string of the molecule is Cc1ccc(CN2C(=O)C(Nc3ccccc3C)=C(c3ccc(Cl)cc3)C2=O)cc1. The molecule has 0 atom stereocenters. The molecule has 0 unspecified atom stereocenters. The number of nitrogens with one attached hydrogen (secondary N) is 1. The second-order valence-electron chi connectivity index (χ2n) is 7.38. The molecule has 4 nitrogen and oxygen atoms in total. The second kappa shape index (κ2) is 8.17. The number of hydrogen-bond acceptors (Lipinski definition) is 3. The average molecular weight is 417 g/mol. The molecule has 0 aliphatic carbocycles. The van der Waals surface area contributed by atoms with Crippen LogP contribution in [0.15, 0.2) is 78.5 Å². The van der Waals surface area contributed by atoms with Crippen LogP contribution in [0.4, 0.5) is 5.69 Å². The van der Waals surface area contributed by atoms with Gasteiger partial charge in [0.25, 0.3) is 11.8 Å². The third-order valence-corrected chi connectivity index (χ3v) is 5.42. The van der Waals surface area contributed by atoms with E-state index in [4.69, 9.17) is 11.6 Å². The van der Waals surface area contributed by atoms with Crippen LogP contribution >= 0.6 is 11.6 Å². The predicted octanol–water partition coefficient (Wildman–Crippen LogP) is 5.35. The molecule has 3 aromatic carbocycles. The molecule has 0 saturated heterocycles. The molecule has 0 bridgehead atoms. The number of carbonyl (C=O) groups excluding carboxylic acids is 2. The minimum absolute atomic E-state index is 0.216. The van der Waals surface area contributed by atoms with Crippen molar-refractivity contribution in [1.29, 1.82) is 0 Å². The summed E-state index contributed by atoms with van der Waals surface area (Å²) in [7, 11) is 0. The van der Waals surface area contributed by atoms with Gasteiger partial charge < -0.3 is 5.32 Å². The molecule has 1 heterocycles. The molecule has 0 saturated carbocycles. The van der Waals surface area contributed by atoms with Gasteiger partial charge in [-0.15, -0.1) is 0 Å². The Bertz CT molecular complexity index is 1150. The number of rotatable bonds is 5. The molecule has 150 valence electrons. The van der Waals surface area contributed by atoms with Crippen LogP contribution < -0.4 is 5.32 Å². The van der Waals surface area contributed by atoms with Gasteiger partial charge in [-0.3, -0.25) is 14.5 Å². The van der Waals surface area contributed by atoms with Crippen molar-refractivity contribution < 1.29 is 9.59 Å². The average Bonchev–Trinajstić information content (AvgIpc) is 2.96. The van der Waals surface area contributed by atoms with Gasteiger partial charge >= 0.3 is 0 Å². The zero-order valence-electron chi connectivity index (χ0n) is 16.8. The summed E-state index contributed by atoms with van der Waals surface area (Å²) in [6, 6.07) is 22.4. The van der Waals surface area contributed by atoms with Crippen LogP contribution in [0, 0.1) is 13.8 Å². The van der Waals surface area contributed by atoms with Crippen LogP contribution in [0.1, 0.15) is 22.3 Å². The number of benzene rings is 3. The van der Waals surface area contributed by atoms with Crippen LogP contribution in [-0.2, 0) is 16.1 Å². The maximum Gasteiger partial charge on any atom is 0.278 e. The van der Waals surface area contributed by atoms with Gasteiger partial charge in [0.15, 0.2) is 0 Å². The van der Waals surface area contributed by atoms with Crippen molar-refractivity contribution in [3.05, 3.63) is 106 Å². The van der Waals surface area contributed by atoms with Crippen molar-refractivity contribution >= 4 is 34.7 Å². The van der Waals surface area contributed by atoms with Crippen molar-refractivity contribution in [3.8, 4) is 0 Å². The van der Waals surface area contributed by atoms with Gasteiger partial charge in [0.1, 0.15) is 5.70 Å². The number of para-hydroxylation sites is 1. The van der Waals surface area contributed by atoms with Crippen LogP contribution in [0.3, 0.4) is 0 Å². The van der Waals surface area contributed by atoms with Crippen molar-refractivity contribution in [1.82, 2.24) is 4.90 Å². The predicted molar refractivity (Wildman–Crippen MR) is 120 cm³/mol. The maximum atomic E-state index is 13.3. The number of amides is 2. The smallest absolute Gasteiger partial charge is 0.278 e. The van der Waals surface area contributed by atoms with Crippen LogP contribution in [-0.4, -0.2) is 16.7 Å². The molecule has 1 aliphatic rings. The van der Waals surface area contributed by atoms with E-state index >= 15 is 0 Å². The van der Waals surface area contributed by atoms with Crippen molar-refractivity contribution in [3.63, 3.8) is 0 Å². The van der Waals surface area contributed by atoms with Crippen LogP contribution in [0.5, 0.6) is 0 Å². The van der Waals surface area contributed by atoms with E-state index < -0.39 is 0 Å². The van der Waals surface area contributed by atoms with E-state index in [1.54, 1.807) is 24.3 Å². The lowest BCUT2D eigenvalue weighted by atomic mass is 10.0. The minimum Gasteiger partial charge on any atom is -0.350 e. The fraction of sp³-hybridized carbons (Fsp3) is 0.120. The lowest BCUT2D eigenvalue weighted by Crippen LogP contribution is -2.32. The van der Waals surface area contributed by atoms with Gasteiger partial charge in [-0.2, -0.15) is 0 Å². The van der Waals surface area contributed by atoms with Gasteiger partial charge in [0.05, 0.1) is 12.1 Å². The van der Waals surface area contributed by atoms with Crippen molar-refractivity contribution in [2.75, 3.05) is 5.32 Å². The van der Waals surface area contributed by atoms with Crippen molar-refractivity contribution in [2.24, 2.45) is 0 Å². The quantitative estimate of drug-likeness (QED) is 0.570. The Labute approximate surface area is 180 Å². The summed E-state index contributed by atoms with van der Waals surface area (Å²) in [4.78, 5) is 27.9. The van der Waals surface area contributed by atoms with E-state index in [9.17, 15) is 9.59 Å². The van der Waals surface area contributed by atoms with Crippen LogP contribution in [0.2, 0.25) is 5.02 Å². The number of anilines is 1. The van der Waals surface area contributed by atoms with Gasteiger partial charge in [-0.05, 0) is 48.7 Å². The number of nitrogens with zero attached hydrogens (tertiary/aromatic N) is 1. The largest absolute Gasteiger partial charge is 0.350 e. The molecule has 1 N–H and O–H groups in total. The highest BCUT2D eigenvalue weighted by molar-refractivity contribution is 6.36. The summed E-state index contributed by atoms with van der Waals surface area (Å²) in [6.45, 7) is 4.17. The molecule has 0 radical (unpaired) electrons. The third-order valence-electron chi connectivity index (χ3n) is 5.17. The molecular formula is C25H21ClN2O2. The number of halogens is 1. The molecule has 5 heteroatoms. The van der Waals surface area contributed by atoms with Gasteiger partial charge in [0.2, 0.25) is 0 Å². The fourth-order valence-corrected chi connectivity index (χ4v) is 3.57. The van der Waals surface area contributed by atoms with Crippen LogP contribution in [0.25, 0.3) is 5.57 Å². The standard InChI is InChI=1S/C25H21ClN2O2/c1-16-7-9-18(10-8-16)15-28-24(29)22(19-11-13-20(26)14-12-19)23(25(28)30)27-21-6-4-3-5-17(21)2/h3-14,27H,15H2,1-2H3. The normalized spacial score (nSPS) is 13.9. The highest BCUT2D eigenvalue weighted by Gasteiger charge is 2.39. The number of imide groups is 1. The Balaban J connectivity index is 1.74. The summed E-state index contributed by atoms with van der Waals surface area (Å²) in [5.41, 5.74) is 5.08. The Hall–Kier alpha value is -3.37. The first-order valence-electron chi connectivity index (χ1n) is 9.68. The van der Waals surface area contributed by atoms with E-state index in [0.717, 1.165) is 22.4 Å². The lowest BCUT2D eigenvalue weighted by molar-refractivity contribution is -0.137. The topological polar surface area (TPSA) is 49.4 Å². The molecule has 0 fully saturated rings. The molecule has 0 spiro atoms. The second-order valence-corrected chi connectivity index (χ2v) is 7.82. The number of carbonyl (C=O) groups is 2. The summed E-state index contributed by atoms with van der Waals surface area (Å²) in [5.74, 6) is -0.659. The molecule has 3 aromatic rings. The van der Waals surface area contributed by atoms with Gasteiger partial charge in [-0.25, -0.2) is 0 Å². The Morgan fingerprint density at radius 3 is 2.17 bits per heavy atom. The monoisotopic (exact) mass is 416 g/mol. The van der Waals surface area contributed by atoms with E-state index in [-0.39, 0.29) is 24.1 Å². The first kappa shape index (κ1) is 19.9.